The van der Waals surface area contributed by atoms with E-state index in [0.717, 1.165) is 13.0 Å². The molecule has 102 valence electrons. The molecule has 0 radical (unpaired) electrons. The highest BCUT2D eigenvalue weighted by molar-refractivity contribution is 5.36. The van der Waals surface area contributed by atoms with E-state index in [-0.39, 0.29) is 0 Å². The molecule has 1 aliphatic rings. The third-order valence-corrected chi connectivity index (χ3v) is 3.19. The lowest BCUT2D eigenvalue weighted by Crippen LogP contribution is -2.24. The molecule has 19 heavy (non-hydrogen) atoms. The van der Waals surface area contributed by atoms with Gasteiger partial charge in [0.15, 0.2) is 0 Å². The Labute approximate surface area is 112 Å². The second-order valence-corrected chi connectivity index (χ2v) is 4.74. The summed E-state index contributed by atoms with van der Waals surface area (Å²) < 4.78 is 5.56. The number of rotatable bonds is 5. The number of aliphatic hydroxyl groups is 2. The summed E-state index contributed by atoms with van der Waals surface area (Å²) in [5, 5.41) is 27.6. The number of benzene rings is 1. The van der Waals surface area contributed by atoms with Crippen LogP contribution in [0.2, 0.25) is 0 Å². The maximum Gasteiger partial charge on any atom is 0.120 e. The summed E-state index contributed by atoms with van der Waals surface area (Å²) in [4.78, 5) is 2.02. The third kappa shape index (κ3) is 3.93. The summed E-state index contributed by atoms with van der Waals surface area (Å²) in [6.07, 6.45) is -0.447. The van der Waals surface area contributed by atoms with Crippen LogP contribution in [-0.2, 0) is 0 Å². The summed E-state index contributed by atoms with van der Waals surface area (Å²) in [5.41, 5.74) is 0.586. The Hall–Kier alpha value is -1.61. The molecule has 0 saturated carbocycles. The third-order valence-electron chi connectivity index (χ3n) is 3.19. The zero-order valence-electron chi connectivity index (χ0n) is 10.7. The van der Waals surface area contributed by atoms with Gasteiger partial charge in [0.2, 0.25) is 0 Å². The molecule has 2 unspecified atom stereocenters. The quantitative estimate of drug-likeness (QED) is 0.749. The maximum atomic E-state index is 9.41. The van der Waals surface area contributed by atoms with Gasteiger partial charge >= 0.3 is 0 Å². The van der Waals surface area contributed by atoms with Crippen LogP contribution in [0, 0.1) is 11.3 Å². The Morgan fingerprint density at radius 1 is 1.32 bits per heavy atom. The van der Waals surface area contributed by atoms with Crippen molar-refractivity contribution in [3.63, 3.8) is 0 Å². The number of aliphatic hydroxyl groups excluding tert-OH is 2. The number of likely N-dealkylation sites (tertiary alicyclic amines) is 1. The highest BCUT2D eigenvalue weighted by Gasteiger charge is 2.28. The molecule has 5 heteroatoms. The van der Waals surface area contributed by atoms with Crippen molar-refractivity contribution in [3.05, 3.63) is 29.8 Å². The smallest absolute Gasteiger partial charge is 0.120 e. The van der Waals surface area contributed by atoms with Gasteiger partial charge in [-0.1, -0.05) is 6.07 Å². The number of ether oxygens (including phenoxy) is 1. The van der Waals surface area contributed by atoms with Crippen LogP contribution in [0.25, 0.3) is 0 Å². The van der Waals surface area contributed by atoms with E-state index >= 15 is 0 Å². The maximum absolute atomic E-state index is 9.41. The van der Waals surface area contributed by atoms with E-state index < -0.39 is 12.2 Å². The number of hydrogen-bond acceptors (Lipinski definition) is 5. The average molecular weight is 262 g/mol. The molecular formula is C14H18N2O3. The van der Waals surface area contributed by atoms with Gasteiger partial charge in [-0.25, -0.2) is 0 Å². The van der Waals surface area contributed by atoms with Gasteiger partial charge in [0.25, 0.3) is 0 Å². The summed E-state index contributed by atoms with van der Waals surface area (Å²) in [6.45, 7) is 2.37. The second kappa shape index (κ2) is 6.53. The fourth-order valence-corrected chi connectivity index (χ4v) is 2.16. The van der Waals surface area contributed by atoms with E-state index in [0.29, 0.717) is 31.0 Å². The molecule has 5 nitrogen and oxygen atoms in total. The Balaban J connectivity index is 1.68. The van der Waals surface area contributed by atoms with Crippen molar-refractivity contribution in [2.45, 2.75) is 18.6 Å². The minimum Gasteiger partial charge on any atom is -0.494 e. The van der Waals surface area contributed by atoms with Crippen molar-refractivity contribution in [3.8, 4) is 11.8 Å². The van der Waals surface area contributed by atoms with Gasteiger partial charge in [-0.05, 0) is 24.6 Å². The van der Waals surface area contributed by atoms with Crippen molar-refractivity contribution in [1.29, 1.82) is 5.26 Å². The zero-order valence-corrected chi connectivity index (χ0v) is 10.7. The predicted octanol–water partition coefficient (Wildman–Crippen LogP) is 0.365. The van der Waals surface area contributed by atoms with E-state index in [1.165, 1.54) is 0 Å². The van der Waals surface area contributed by atoms with Crippen LogP contribution in [0.1, 0.15) is 12.0 Å². The van der Waals surface area contributed by atoms with Crippen molar-refractivity contribution in [1.82, 2.24) is 4.90 Å². The molecule has 0 spiro atoms. The lowest BCUT2D eigenvalue weighted by Gasteiger charge is -2.14. The fourth-order valence-electron chi connectivity index (χ4n) is 2.16. The lowest BCUT2D eigenvalue weighted by molar-refractivity contribution is 0.0572. The Morgan fingerprint density at radius 3 is 2.74 bits per heavy atom. The molecule has 1 aromatic carbocycles. The van der Waals surface area contributed by atoms with Crippen LogP contribution in [0.4, 0.5) is 0 Å². The first kappa shape index (κ1) is 13.8. The van der Waals surface area contributed by atoms with E-state index in [1.807, 2.05) is 11.0 Å². The van der Waals surface area contributed by atoms with Crippen molar-refractivity contribution < 1.29 is 14.9 Å². The minimum atomic E-state index is -0.631. The fraction of sp³-hybridized carbons (Fsp3) is 0.500. The minimum absolute atomic E-state index is 0.519. The van der Waals surface area contributed by atoms with Crippen LogP contribution < -0.4 is 4.74 Å². The van der Waals surface area contributed by atoms with Crippen LogP contribution in [0.3, 0.4) is 0 Å². The van der Waals surface area contributed by atoms with Crippen molar-refractivity contribution in [2.24, 2.45) is 0 Å². The van der Waals surface area contributed by atoms with Crippen LogP contribution in [0.5, 0.6) is 5.75 Å². The van der Waals surface area contributed by atoms with Gasteiger partial charge in [-0.2, -0.15) is 5.26 Å². The van der Waals surface area contributed by atoms with Gasteiger partial charge in [0, 0.05) is 19.6 Å². The van der Waals surface area contributed by atoms with Gasteiger partial charge in [-0.3, -0.25) is 4.90 Å². The highest BCUT2D eigenvalue weighted by atomic mass is 16.5. The average Bonchev–Trinajstić information content (AvgIpc) is 2.74. The monoisotopic (exact) mass is 262 g/mol. The summed E-state index contributed by atoms with van der Waals surface area (Å²) >= 11 is 0. The first-order valence-corrected chi connectivity index (χ1v) is 6.40. The molecule has 0 bridgehead atoms. The molecule has 0 aliphatic carbocycles. The number of nitriles is 1. The standard InChI is InChI=1S/C14H18N2O3/c15-8-11-3-1-4-12(7-11)19-6-2-5-16-9-13(17)14(18)10-16/h1,3-4,7,13-14,17-18H,2,5-6,9-10H2. The Morgan fingerprint density at radius 2 is 2.05 bits per heavy atom. The number of nitrogens with zero attached hydrogens (tertiary/aromatic N) is 2. The molecular weight excluding hydrogens is 244 g/mol. The van der Waals surface area contributed by atoms with Crippen LogP contribution >= 0.6 is 0 Å². The highest BCUT2D eigenvalue weighted by Crippen LogP contribution is 2.13. The second-order valence-electron chi connectivity index (χ2n) is 4.74. The topological polar surface area (TPSA) is 76.7 Å². The van der Waals surface area contributed by atoms with Gasteiger partial charge in [0.05, 0.1) is 30.4 Å². The molecule has 1 fully saturated rings. The number of β-amino-alcohol motifs (C(OH)–C–C–N with tert-alkyl or cyclic N) is 2. The van der Waals surface area contributed by atoms with E-state index in [2.05, 4.69) is 6.07 Å². The summed E-state index contributed by atoms with van der Waals surface area (Å²) in [7, 11) is 0. The van der Waals surface area contributed by atoms with E-state index in [1.54, 1.807) is 18.2 Å². The zero-order chi connectivity index (χ0) is 13.7. The first-order chi connectivity index (χ1) is 9.19. The van der Waals surface area contributed by atoms with Gasteiger partial charge in [-0.15, -0.1) is 0 Å². The molecule has 1 aromatic rings. The first-order valence-electron chi connectivity index (χ1n) is 6.40. The molecule has 2 N–H and O–H groups in total. The molecule has 2 atom stereocenters. The normalized spacial score (nSPS) is 23.2. The van der Waals surface area contributed by atoms with Crippen LogP contribution in [-0.4, -0.2) is 53.6 Å². The molecule has 1 heterocycles. The van der Waals surface area contributed by atoms with Crippen molar-refractivity contribution in [2.75, 3.05) is 26.2 Å². The Bertz CT molecular complexity index is 448. The summed E-state index contributed by atoms with van der Waals surface area (Å²) in [6, 6.07) is 9.13. The Kier molecular flexibility index (Phi) is 4.74. The molecule has 0 aromatic heterocycles. The molecule has 1 saturated heterocycles. The largest absolute Gasteiger partial charge is 0.494 e. The SMILES string of the molecule is N#Cc1cccc(OCCCN2CC(O)C(O)C2)c1. The lowest BCUT2D eigenvalue weighted by atomic mass is 10.2. The van der Waals surface area contributed by atoms with Crippen LogP contribution in [0.15, 0.2) is 24.3 Å². The van der Waals surface area contributed by atoms with Gasteiger partial charge < -0.3 is 14.9 Å². The summed E-state index contributed by atoms with van der Waals surface area (Å²) in [5.74, 6) is 0.695. The predicted molar refractivity (Wildman–Crippen MR) is 69.7 cm³/mol. The molecule has 2 rings (SSSR count). The van der Waals surface area contributed by atoms with Crippen molar-refractivity contribution >= 4 is 0 Å². The van der Waals surface area contributed by atoms with Gasteiger partial charge in [0.1, 0.15) is 5.75 Å². The number of hydrogen-bond donors (Lipinski definition) is 2. The molecule has 0 amide bonds. The van der Waals surface area contributed by atoms with E-state index in [9.17, 15) is 10.2 Å². The van der Waals surface area contributed by atoms with E-state index in [4.69, 9.17) is 10.00 Å². The molecule has 1 aliphatic heterocycles.